The van der Waals surface area contributed by atoms with Crippen molar-refractivity contribution < 1.29 is 9.13 Å². The van der Waals surface area contributed by atoms with Crippen molar-refractivity contribution in [2.45, 2.75) is 0 Å². The zero-order valence-corrected chi connectivity index (χ0v) is 7.88. The molecule has 0 bridgehead atoms. The van der Waals surface area contributed by atoms with E-state index in [-0.39, 0.29) is 5.75 Å². The summed E-state index contributed by atoms with van der Waals surface area (Å²) in [5.74, 6) is -0.320. The van der Waals surface area contributed by atoms with Crippen LogP contribution in [0.5, 0.6) is 5.75 Å². The molecule has 0 radical (unpaired) electrons. The van der Waals surface area contributed by atoms with Gasteiger partial charge in [-0.2, -0.15) is 5.26 Å². The highest BCUT2D eigenvalue weighted by atomic mass is 19.1. The van der Waals surface area contributed by atoms with E-state index in [0.29, 0.717) is 18.7 Å². The molecular weight excluding hydrogens is 183 g/mol. The van der Waals surface area contributed by atoms with Crippen molar-refractivity contribution in [1.29, 1.82) is 5.26 Å². The van der Waals surface area contributed by atoms with E-state index >= 15 is 0 Å². The quantitative estimate of drug-likeness (QED) is 0.735. The molecule has 74 valence electrons. The Morgan fingerprint density at radius 3 is 2.93 bits per heavy atom. The first-order chi connectivity index (χ1) is 6.77. The Morgan fingerprint density at radius 2 is 2.36 bits per heavy atom. The highest BCUT2D eigenvalue weighted by Crippen LogP contribution is 2.17. The van der Waals surface area contributed by atoms with Gasteiger partial charge in [0.25, 0.3) is 0 Å². The number of halogens is 1. The summed E-state index contributed by atoms with van der Waals surface area (Å²) in [5, 5.41) is 11.4. The van der Waals surface area contributed by atoms with Crippen LogP contribution in [-0.2, 0) is 0 Å². The Hall–Kier alpha value is -1.60. The molecule has 14 heavy (non-hydrogen) atoms. The number of likely N-dealkylation sites (N-methyl/N-ethyl adjacent to an activating group) is 1. The summed E-state index contributed by atoms with van der Waals surface area (Å²) in [6.07, 6.45) is 0. The smallest absolute Gasteiger partial charge is 0.166 e. The van der Waals surface area contributed by atoms with E-state index in [4.69, 9.17) is 10.00 Å². The standard InChI is InChI=1S/C10H11FN2O/c1-13-4-5-14-10-3-2-8(7-12)6-9(10)11/h2-3,6,13H,4-5H2,1H3. The predicted octanol–water partition coefficient (Wildman–Crippen LogP) is 1.30. The van der Waals surface area contributed by atoms with Crippen molar-refractivity contribution in [3.05, 3.63) is 29.6 Å². The van der Waals surface area contributed by atoms with E-state index in [1.165, 1.54) is 12.1 Å². The fourth-order valence-corrected chi connectivity index (χ4v) is 0.950. The Morgan fingerprint density at radius 1 is 1.57 bits per heavy atom. The lowest BCUT2D eigenvalue weighted by atomic mass is 10.2. The van der Waals surface area contributed by atoms with Crippen LogP contribution in [0.15, 0.2) is 18.2 Å². The molecule has 0 aliphatic carbocycles. The van der Waals surface area contributed by atoms with Gasteiger partial charge in [-0.3, -0.25) is 0 Å². The highest BCUT2D eigenvalue weighted by molar-refractivity contribution is 5.35. The Kier molecular flexibility index (Phi) is 3.89. The van der Waals surface area contributed by atoms with E-state index in [1.807, 2.05) is 6.07 Å². The van der Waals surface area contributed by atoms with E-state index in [1.54, 1.807) is 7.05 Å². The third-order valence-electron chi connectivity index (χ3n) is 1.67. The first-order valence-corrected chi connectivity index (χ1v) is 4.25. The summed E-state index contributed by atoms with van der Waals surface area (Å²) in [4.78, 5) is 0. The fraction of sp³-hybridized carbons (Fsp3) is 0.300. The summed E-state index contributed by atoms with van der Waals surface area (Å²) < 4.78 is 18.3. The van der Waals surface area contributed by atoms with Crippen LogP contribution in [0.1, 0.15) is 5.56 Å². The summed E-state index contributed by atoms with van der Waals surface area (Å²) in [6, 6.07) is 6.00. The molecule has 0 heterocycles. The van der Waals surface area contributed by atoms with Crippen LogP contribution >= 0.6 is 0 Å². The van der Waals surface area contributed by atoms with E-state index < -0.39 is 5.82 Å². The highest BCUT2D eigenvalue weighted by Gasteiger charge is 2.03. The van der Waals surface area contributed by atoms with Gasteiger partial charge >= 0.3 is 0 Å². The molecule has 0 fully saturated rings. The van der Waals surface area contributed by atoms with Crippen LogP contribution in [0.2, 0.25) is 0 Å². The number of nitrogens with one attached hydrogen (secondary N) is 1. The van der Waals surface area contributed by atoms with E-state index in [2.05, 4.69) is 5.32 Å². The molecule has 0 aromatic heterocycles. The van der Waals surface area contributed by atoms with Crippen molar-refractivity contribution in [3.8, 4) is 11.8 Å². The van der Waals surface area contributed by atoms with E-state index in [9.17, 15) is 4.39 Å². The van der Waals surface area contributed by atoms with Gasteiger partial charge in [0, 0.05) is 6.54 Å². The molecule has 0 saturated carbocycles. The zero-order chi connectivity index (χ0) is 10.4. The van der Waals surface area contributed by atoms with Gasteiger partial charge in [0.15, 0.2) is 11.6 Å². The number of nitriles is 1. The molecule has 0 aliphatic rings. The van der Waals surface area contributed by atoms with Crippen LogP contribution in [-0.4, -0.2) is 20.2 Å². The van der Waals surface area contributed by atoms with Gasteiger partial charge in [0.1, 0.15) is 6.61 Å². The molecule has 0 amide bonds. The molecule has 1 N–H and O–H groups in total. The first kappa shape index (κ1) is 10.5. The maximum Gasteiger partial charge on any atom is 0.166 e. The first-order valence-electron chi connectivity index (χ1n) is 4.25. The molecule has 0 aliphatic heterocycles. The van der Waals surface area contributed by atoms with Crippen molar-refractivity contribution in [1.82, 2.24) is 5.32 Å². The third kappa shape index (κ3) is 2.71. The minimum atomic E-state index is -0.500. The van der Waals surface area contributed by atoms with Gasteiger partial charge in [-0.15, -0.1) is 0 Å². The van der Waals surface area contributed by atoms with Crippen LogP contribution in [0.25, 0.3) is 0 Å². The van der Waals surface area contributed by atoms with Crippen LogP contribution in [0, 0.1) is 17.1 Å². The molecule has 1 rings (SSSR count). The Labute approximate surface area is 82.1 Å². The summed E-state index contributed by atoms with van der Waals surface area (Å²) in [5.41, 5.74) is 0.295. The molecule has 1 aromatic carbocycles. The molecule has 0 atom stereocenters. The number of hydrogen-bond acceptors (Lipinski definition) is 3. The van der Waals surface area contributed by atoms with Gasteiger partial charge in [-0.1, -0.05) is 0 Å². The van der Waals surface area contributed by atoms with Gasteiger partial charge in [0.05, 0.1) is 11.6 Å². The maximum absolute atomic E-state index is 13.2. The lowest BCUT2D eigenvalue weighted by Crippen LogP contribution is -2.16. The molecule has 0 saturated heterocycles. The molecular formula is C10H11FN2O. The zero-order valence-electron chi connectivity index (χ0n) is 7.88. The SMILES string of the molecule is CNCCOc1ccc(C#N)cc1F. The van der Waals surface area contributed by atoms with Gasteiger partial charge in [-0.25, -0.2) is 4.39 Å². The Balaban J connectivity index is 2.65. The van der Waals surface area contributed by atoms with Crippen LogP contribution < -0.4 is 10.1 Å². The molecule has 0 spiro atoms. The molecule has 4 heteroatoms. The molecule has 0 unspecified atom stereocenters. The van der Waals surface area contributed by atoms with Crippen molar-refractivity contribution in [2.75, 3.05) is 20.2 Å². The summed E-state index contributed by atoms with van der Waals surface area (Å²) in [7, 11) is 1.79. The second-order valence-electron chi connectivity index (χ2n) is 2.71. The minimum Gasteiger partial charge on any atom is -0.489 e. The number of rotatable bonds is 4. The fourth-order valence-electron chi connectivity index (χ4n) is 0.950. The van der Waals surface area contributed by atoms with Gasteiger partial charge in [0.2, 0.25) is 0 Å². The van der Waals surface area contributed by atoms with Crippen molar-refractivity contribution >= 4 is 0 Å². The van der Waals surface area contributed by atoms with Crippen LogP contribution in [0.3, 0.4) is 0 Å². The summed E-state index contributed by atoms with van der Waals surface area (Å²) in [6.45, 7) is 1.05. The average molecular weight is 194 g/mol. The average Bonchev–Trinajstić information content (AvgIpc) is 2.20. The molecule has 3 nitrogen and oxygen atoms in total. The van der Waals surface area contributed by atoms with E-state index in [0.717, 1.165) is 6.07 Å². The Bertz CT molecular complexity index is 346. The van der Waals surface area contributed by atoms with Crippen molar-refractivity contribution in [2.24, 2.45) is 0 Å². The second-order valence-corrected chi connectivity index (χ2v) is 2.71. The topological polar surface area (TPSA) is 45.0 Å². The normalized spacial score (nSPS) is 9.50. The van der Waals surface area contributed by atoms with Crippen LogP contribution in [0.4, 0.5) is 4.39 Å². The number of benzene rings is 1. The number of ether oxygens (including phenoxy) is 1. The van der Waals surface area contributed by atoms with Gasteiger partial charge < -0.3 is 10.1 Å². The minimum absolute atomic E-state index is 0.180. The third-order valence-corrected chi connectivity index (χ3v) is 1.67. The monoisotopic (exact) mass is 194 g/mol. The predicted molar refractivity (Wildman–Crippen MR) is 50.5 cm³/mol. The van der Waals surface area contributed by atoms with Gasteiger partial charge in [-0.05, 0) is 25.2 Å². The number of hydrogen-bond donors (Lipinski definition) is 1. The second kappa shape index (κ2) is 5.20. The summed E-state index contributed by atoms with van der Waals surface area (Å²) >= 11 is 0. The molecule has 1 aromatic rings. The lowest BCUT2D eigenvalue weighted by Gasteiger charge is -2.06. The number of nitrogens with zero attached hydrogens (tertiary/aromatic N) is 1. The largest absolute Gasteiger partial charge is 0.489 e. The maximum atomic E-state index is 13.2. The lowest BCUT2D eigenvalue weighted by molar-refractivity contribution is 0.302. The van der Waals surface area contributed by atoms with Crippen molar-refractivity contribution in [3.63, 3.8) is 0 Å².